The topological polar surface area (TPSA) is 0 Å². The second kappa shape index (κ2) is 4.93. The second-order valence-corrected chi connectivity index (χ2v) is 10.5. The highest BCUT2D eigenvalue weighted by atomic mass is 79.9. The Balaban J connectivity index is 2.14. The van der Waals surface area contributed by atoms with Crippen molar-refractivity contribution in [3.63, 3.8) is 0 Å². The lowest BCUT2D eigenvalue weighted by molar-refractivity contribution is 2.37. The standard InChI is InChI=1S/C6HBr3S4/c7-2-1-10-5(11-2)6-12-3(8)4(9)13-6/h1H. The normalized spacial score (nSPS) is 23.2. The summed E-state index contributed by atoms with van der Waals surface area (Å²) in [6.07, 6.45) is 0. The Morgan fingerprint density at radius 2 is 1.46 bits per heavy atom. The van der Waals surface area contributed by atoms with Crippen molar-refractivity contribution >= 4 is 94.8 Å². The molecular formula is C6HBr3S4. The van der Waals surface area contributed by atoms with Crippen molar-refractivity contribution in [1.29, 1.82) is 0 Å². The minimum atomic E-state index is 1.17. The van der Waals surface area contributed by atoms with Crippen LogP contribution in [0.2, 0.25) is 0 Å². The number of hydrogen-bond acceptors (Lipinski definition) is 4. The molecule has 0 saturated carbocycles. The smallest absolute Gasteiger partial charge is 0.0767 e. The van der Waals surface area contributed by atoms with E-state index in [0.29, 0.717) is 0 Å². The minimum Gasteiger partial charge on any atom is -0.0872 e. The number of rotatable bonds is 0. The third kappa shape index (κ3) is 2.79. The van der Waals surface area contributed by atoms with Gasteiger partial charge in [0.15, 0.2) is 0 Å². The largest absolute Gasteiger partial charge is 0.0872 e. The summed E-state index contributed by atoms with van der Waals surface area (Å²) in [5, 5.41) is 2.12. The average molecular weight is 441 g/mol. The molecule has 2 aliphatic heterocycles. The molecule has 0 fully saturated rings. The first-order valence-corrected chi connectivity index (χ1v) is 8.73. The van der Waals surface area contributed by atoms with E-state index >= 15 is 0 Å². The van der Waals surface area contributed by atoms with Crippen LogP contribution in [0.3, 0.4) is 0 Å². The molecule has 0 nitrogen and oxygen atoms in total. The predicted octanol–water partition coefficient (Wildman–Crippen LogP) is 6.18. The van der Waals surface area contributed by atoms with Crippen LogP contribution in [-0.4, -0.2) is 0 Å². The highest BCUT2D eigenvalue weighted by Crippen LogP contribution is 2.60. The van der Waals surface area contributed by atoms with Gasteiger partial charge in [0.1, 0.15) is 0 Å². The maximum atomic E-state index is 3.50. The van der Waals surface area contributed by atoms with Crippen LogP contribution in [0.5, 0.6) is 0 Å². The molecule has 0 spiro atoms. The van der Waals surface area contributed by atoms with Crippen molar-refractivity contribution < 1.29 is 0 Å². The van der Waals surface area contributed by atoms with Crippen molar-refractivity contribution in [3.05, 3.63) is 25.3 Å². The Bertz CT molecular complexity index is 328. The molecule has 2 rings (SSSR count). The van der Waals surface area contributed by atoms with E-state index in [1.807, 2.05) is 0 Å². The van der Waals surface area contributed by atoms with Gasteiger partial charge in [-0.3, -0.25) is 0 Å². The maximum Gasteiger partial charge on any atom is 0.0767 e. The van der Waals surface area contributed by atoms with Crippen LogP contribution in [0.1, 0.15) is 0 Å². The number of halogens is 3. The SMILES string of the molecule is BrC1=CSC(=C2SC(Br)=C(Br)S2)S1. The molecule has 2 aliphatic rings. The molecule has 0 aliphatic carbocycles. The third-order valence-electron chi connectivity index (χ3n) is 1.13. The molecule has 2 heterocycles. The minimum absolute atomic E-state index is 1.17. The first-order valence-electron chi connectivity index (χ1n) is 3.02. The molecule has 0 unspecified atom stereocenters. The number of thioether (sulfide) groups is 4. The van der Waals surface area contributed by atoms with Crippen molar-refractivity contribution in [2.45, 2.75) is 0 Å². The second-order valence-electron chi connectivity index (χ2n) is 1.97. The van der Waals surface area contributed by atoms with Gasteiger partial charge in [-0.25, -0.2) is 0 Å². The Hall–Kier alpha value is 2.06. The van der Waals surface area contributed by atoms with Crippen LogP contribution in [0.4, 0.5) is 0 Å². The Kier molecular flexibility index (Phi) is 4.38. The van der Waals surface area contributed by atoms with Crippen molar-refractivity contribution in [2.24, 2.45) is 0 Å². The molecule has 0 amide bonds. The van der Waals surface area contributed by atoms with E-state index in [2.05, 4.69) is 53.2 Å². The number of hydrogen-bond donors (Lipinski definition) is 0. The highest BCUT2D eigenvalue weighted by molar-refractivity contribution is 9.17. The summed E-state index contributed by atoms with van der Waals surface area (Å²) in [5.41, 5.74) is 0. The van der Waals surface area contributed by atoms with E-state index in [1.165, 1.54) is 19.9 Å². The lowest BCUT2D eigenvalue weighted by atomic mass is 11.2. The van der Waals surface area contributed by atoms with E-state index in [4.69, 9.17) is 0 Å². The highest BCUT2D eigenvalue weighted by Gasteiger charge is 2.23. The molecule has 0 bridgehead atoms. The van der Waals surface area contributed by atoms with Crippen LogP contribution >= 0.6 is 94.8 Å². The van der Waals surface area contributed by atoms with Gasteiger partial charge in [-0.1, -0.05) is 47.0 Å². The Labute approximate surface area is 119 Å². The summed E-state index contributed by atoms with van der Waals surface area (Å²) in [6.45, 7) is 0. The first-order chi connectivity index (χ1) is 6.16. The van der Waals surface area contributed by atoms with Crippen LogP contribution in [0, 0.1) is 0 Å². The van der Waals surface area contributed by atoms with Gasteiger partial charge in [-0.15, -0.1) is 0 Å². The molecule has 0 N–H and O–H groups in total. The van der Waals surface area contributed by atoms with Gasteiger partial charge in [-0.05, 0) is 53.2 Å². The zero-order valence-electron chi connectivity index (χ0n) is 5.84. The van der Waals surface area contributed by atoms with Gasteiger partial charge in [-0.2, -0.15) is 0 Å². The zero-order chi connectivity index (χ0) is 9.42. The van der Waals surface area contributed by atoms with E-state index in [9.17, 15) is 0 Å². The van der Waals surface area contributed by atoms with E-state index in [0.717, 1.165) is 0 Å². The summed E-state index contributed by atoms with van der Waals surface area (Å²) >= 11 is 17.6. The van der Waals surface area contributed by atoms with Crippen LogP contribution in [0.25, 0.3) is 0 Å². The molecule has 0 aromatic rings. The third-order valence-corrected chi connectivity index (χ3v) is 9.83. The molecule has 0 aromatic carbocycles. The van der Waals surface area contributed by atoms with Crippen molar-refractivity contribution in [2.75, 3.05) is 0 Å². The molecule has 0 saturated heterocycles. The molecule has 0 aromatic heterocycles. The molecule has 0 radical (unpaired) electrons. The predicted molar refractivity (Wildman–Crippen MR) is 79.3 cm³/mol. The summed E-state index contributed by atoms with van der Waals surface area (Å²) in [7, 11) is 0. The van der Waals surface area contributed by atoms with Crippen LogP contribution in [-0.2, 0) is 0 Å². The lowest BCUT2D eigenvalue weighted by Gasteiger charge is -1.99. The Morgan fingerprint density at radius 1 is 0.846 bits per heavy atom. The summed E-state index contributed by atoms with van der Waals surface area (Å²) in [4.78, 5) is 0. The van der Waals surface area contributed by atoms with E-state index in [1.54, 1.807) is 47.0 Å². The summed E-state index contributed by atoms with van der Waals surface area (Å²) < 4.78 is 6.24. The lowest BCUT2D eigenvalue weighted by Crippen LogP contribution is -1.64. The fourth-order valence-electron chi connectivity index (χ4n) is 0.673. The zero-order valence-corrected chi connectivity index (χ0v) is 13.9. The molecule has 70 valence electrons. The summed E-state index contributed by atoms with van der Waals surface area (Å²) in [5.74, 6) is 0. The fraction of sp³-hybridized carbons (Fsp3) is 0. The van der Waals surface area contributed by atoms with Crippen LogP contribution in [0.15, 0.2) is 25.3 Å². The quantitative estimate of drug-likeness (QED) is 0.440. The van der Waals surface area contributed by atoms with E-state index < -0.39 is 0 Å². The average Bonchev–Trinajstić information content (AvgIpc) is 2.61. The van der Waals surface area contributed by atoms with Gasteiger partial charge in [0, 0.05) is 0 Å². The van der Waals surface area contributed by atoms with Gasteiger partial charge in [0.05, 0.1) is 19.9 Å². The fourth-order valence-corrected chi connectivity index (χ4v) is 7.97. The van der Waals surface area contributed by atoms with E-state index in [-0.39, 0.29) is 0 Å². The van der Waals surface area contributed by atoms with Crippen molar-refractivity contribution in [3.8, 4) is 0 Å². The maximum absolute atomic E-state index is 3.50. The Morgan fingerprint density at radius 3 is 1.92 bits per heavy atom. The van der Waals surface area contributed by atoms with Gasteiger partial charge < -0.3 is 0 Å². The molecule has 0 atom stereocenters. The van der Waals surface area contributed by atoms with Gasteiger partial charge >= 0.3 is 0 Å². The van der Waals surface area contributed by atoms with Crippen LogP contribution < -0.4 is 0 Å². The molecular weight excluding hydrogens is 440 g/mol. The molecule has 7 heteroatoms. The first kappa shape index (κ1) is 11.5. The monoisotopic (exact) mass is 438 g/mol. The van der Waals surface area contributed by atoms with Gasteiger partial charge in [0.25, 0.3) is 0 Å². The van der Waals surface area contributed by atoms with Crippen molar-refractivity contribution in [1.82, 2.24) is 0 Å². The molecule has 13 heavy (non-hydrogen) atoms. The van der Waals surface area contributed by atoms with Gasteiger partial charge in [0.2, 0.25) is 0 Å². The summed E-state index contributed by atoms with van der Waals surface area (Å²) in [6, 6.07) is 0.